The van der Waals surface area contributed by atoms with E-state index < -0.39 is 0 Å². The van der Waals surface area contributed by atoms with E-state index in [4.69, 9.17) is 4.74 Å². The van der Waals surface area contributed by atoms with Gasteiger partial charge in [0.05, 0.1) is 13.0 Å². The Labute approximate surface area is 118 Å². The topological polar surface area (TPSA) is 26.3 Å². The molecular formula is C17H30O2. The van der Waals surface area contributed by atoms with Crippen molar-refractivity contribution < 1.29 is 9.53 Å². The van der Waals surface area contributed by atoms with Gasteiger partial charge in [0.25, 0.3) is 0 Å². The number of esters is 1. The lowest BCUT2D eigenvalue weighted by Gasteiger charge is -2.01. The number of allylic oxidation sites excluding steroid dienone is 3. The molecule has 0 aromatic carbocycles. The summed E-state index contributed by atoms with van der Waals surface area (Å²) in [7, 11) is 0. The van der Waals surface area contributed by atoms with Crippen molar-refractivity contribution in [3.63, 3.8) is 0 Å². The third kappa shape index (κ3) is 14.9. The van der Waals surface area contributed by atoms with Gasteiger partial charge in [-0.25, -0.2) is 0 Å². The van der Waals surface area contributed by atoms with E-state index in [-0.39, 0.29) is 5.97 Å². The molecule has 2 nitrogen and oxygen atoms in total. The van der Waals surface area contributed by atoms with E-state index in [9.17, 15) is 4.79 Å². The standard InChI is InChI=1S/C17H30O2/c1-3-5-7-9-10-11-12-13-15-17(18)19-16-14-8-6-4-2/h4,6,12-13H,3,5,7-11,14-16H2,1-2H3/b6-4+,13-12+. The Kier molecular flexibility index (Phi) is 14.2. The molecule has 2 heteroatoms. The van der Waals surface area contributed by atoms with Gasteiger partial charge in [0.15, 0.2) is 0 Å². The minimum Gasteiger partial charge on any atom is -0.465 e. The van der Waals surface area contributed by atoms with Gasteiger partial charge in [-0.15, -0.1) is 0 Å². The molecular weight excluding hydrogens is 236 g/mol. The first-order valence-electron chi connectivity index (χ1n) is 7.73. The highest BCUT2D eigenvalue weighted by molar-refractivity contribution is 5.71. The second-order valence-corrected chi connectivity index (χ2v) is 4.81. The molecule has 0 amide bonds. The molecule has 19 heavy (non-hydrogen) atoms. The van der Waals surface area contributed by atoms with Gasteiger partial charge < -0.3 is 4.74 Å². The fourth-order valence-corrected chi connectivity index (χ4v) is 1.78. The summed E-state index contributed by atoms with van der Waals surface area (Å²) in [6.07, 6.45) is 18.0. The maximum atomic E-state index is 11.4. The van der Waals surface area contributed by atoms with Crippen LogP contribution in [0.1, 0.15) is 71.6 Å². The smallest absolute Gasteiger partial charge is 0.309 e. The Hall–Kier alpha value is -1.05. The zero-order valence-corrected chi connectivity index (χ0v) is 12.7. The predicted molar refractivity (Wildman–Crippen MR) is 82.1 cm³/mol. The first kappa shape index (κ1) is 17.9. The number of carbonyl (C=O) groups is 1. The number of unbranched alkanes of at least 4 members (excludes halogenated alkanes) is 6. The van der Waals surface area contributed by atoms with Crippen LogP contribution < -0.4 is 0 Å². The van der Waals surface area contributed by atoms with Gasteiger partial charge in [0, 0.05) is 0 Å². The van der Waals surface area contributed by atoms with Crippen LogP contribution in [0.25, 0.3) is 0 Å². The Bertz CT molecular complexity index is 254. The number of hydrogen-bond donors (Lipinski definition) is 0. The zero-order chi connectivity index (χ0) is 14.2. The molecule has 0 aromatic rings. The first-order chi connectivity index (χ1) is 9.31. The fourth-order valence-electron chi connectivity index (χ4n) is 1.78. The Morgan fingerprint density at radius 3 is 2.42 bits per heavy atom. The summed E-state index contributed by atoms with van der Waals surface area (Å²) in [6, 6.07) is 0. The monoisotopic (exact) mass is 266 g/mol. The molecule has 0 atom stereocenters. The van der Waals surface area contributed by atoms with Crippen LogP contribution in [0.4, 0.5) is 0 Å². The van der Waals surface area contributed by atoms with Gasteiger partial charge in [0.2, 0.25) is 0 Å². The average Bonchev–Trinajstić information content (AvgIpc) is 2.41. The normalized spacial score (nSPS) is 11.5. The van der Waals surface area contributed by atoms with E-state index in [0.29, 0.717) is 13.0 Å². The summed E-state index contributed by atoms with van der Waals surface area (Å²) in [5.74, 6) is -0.109. The van der Waals surface area contributed by atoms with Gasteiger partial charge >= 0.3 is 5.97 Å². The molecule has 0 heterocycles. The van der Waals surface area contributed by atoms with E-state index in [1.807, 2.05) is 19.1 Å². The van der Waals surface area contributed by atoms with Crippen LogP contribution >= 0.6 is 0 Å². The second-order valence-electron chi connectivity index (χ2n) is 4.81. The summed E-state index contributed by atoms with van der Waals surface area (Å²) in [5.41, 5.74) is 0. The third-order valence-electron chi connectivity index (χ3n) is 2.94. The van der Waals surface area contributed by atoms with Crippen molar-refractivity contribution in [1.29, 1.82) is 0 Å². The van der Waals surface area contributed by atoms with E-state index >= 15 is 0 Å². The highest BCUT2D eigenvalue weighted by atomic mass is 16.5. The van der Waals surface area contributed by atoms with E-state index in [1.165, 1.54) is 32.1 Å². The van der Waals surface area contributed by atoms with Crippen LogP contribution in [-0.2, 0) is 9.53 Å². The molecule has 0 aromatic heterocycles. The molecule has 0 fully saturated rings. The molecule has 0 bridgehead atoms. The molecule has 0 aliphatic rings. The number of ether oxygens (including phenoxy) is 1. The highest BCUT2D eigenvalue weighted by Crippen LogP contribution is 2.05. The number of rotatable bonds is 12. The molecule has 0 spiro atoms. The molecule has 0 saturated heterocycles. The molecule has 0 rings (SSSR count). The lowest BCUT2D eigenvalue weighted by Crippen LogP contribution is -2.03. The minimum absolute atomic E-state index is 0.109. The van der Waals surface area contributed by atoms with Crippen LogP contribution in [0.3, 0.4) is 0 Å². The van der Waals surface area contributed by atoms with Crippen LogP contribution in [0.5, 0.6) is 0 Å². The lowest BCUT2D eigenvalue weighted by molar-refractivity contribution is -0.142. The molecule has 0 N–H and O–H groups in total. The summed E-state index contributed by atoms with van der Waals surface area (Å²) in [5, 5.41) is 0. The molecule has 0 aliphatic carbocycles. The zero-order valence-electron chi connectivity index (χ0n) is 12.7. The first-order valence-corrected chi connectivity index (χ1v) is 7.73. The van der Waals surface area contributed by atoms with Crippen molar-refractivity contribution in [3.8, 4) is 0 Å². The van der Waals surface area contributed by atoms with Crippen LogP contribution in [0, 0.1) is 0 Å². The van der Waals surface area contributed by atoms with E-state index in [0.717, 1.165) is 19.3 Å². The molecule has 0 saturated carbocycles. The summed E-state index contributed by atoms with van der Waals surface area (Å²) >= 11 is 0. The highest BCUT2D eigenvalue weighted by Gasteiger charge is 1.98. The van der Waals surface area contributed by atoms with Crippen molar-refractivity contribution in [1.82, 2.24) is 0 Å². The summed E-state index contributed by atoms with van der Waals surface area (Å²) < 4.78 is 5.12. The van der Waals surface area contributed by atoms with Crippen LogP contribution in [0.2, 0.25) is 0 Å². The maximum absolute atomic E-state index is 11.4. The van der Waals surface area contributed by atoms with Gasteiger partial charge in [-0.3, -0.25) is 4.79 Å². The second kappa shape index (κ2) is 15.0. The van der Waals surface area contributed by atoms with Gasteiger partial charge in [-0.05, 0) is 32.6 Å². The van der Waals surface area contributed by atoms with Gasteiger partial charge in [0.1, 0.15) is 0 Å². The Morgan fingerprint density at radius 2 is 1.68 bits per heavy atom. The number of carbonyl (C=O) groups excluding carboxylic acids is 1. The van der Waals surface area contributed by atoms with Crippen LogP contribution in [-0.4, -0.2) is 12.6 Å². The predicted octanol–water partition coefficient (Wildman–Crippen LogP) is 5.19. The van der Waals surface area contributed by atoms with Gasteiger partial charge in [-0.1, -0.05) is 56.9 Å². The van der Waals surface area contributed by atoms with E-state index in [1.54, 1.807) is 0 Å². The molecule has 110 valence electrons. The van der Waals surface area contributed by atoms with Crippen molar-refractivity contribution in [2.45, 2.75) is 71.6 Å². The van der Waals surface area contributed by atoms with Gasteiger partial charge in [-0.2, -0.15) is 0 Å². The third-order valence-corrected chi connectivity index (χ3v) is 2.94. The Balaban J connectivity index is 3.31. The fraction of sp³-hybridized carbons (Fsp3) is 0.706. The van der Waals surface area contributed by atoms with Crippen molar-refractivity contribution in [2.24, 2.45) is 0 Å². The van der Waals surface area contributed by atoms with Crippen molar-refractivity contribution >= 4 is 5.97 Å². The van der Waals surface area contributed by atoms with E-state index in [2.05, 4.69) is 19.1 Å². The summed E-state index contributed by atoms with van der Waals surface area (Å²) in [4.78, 5) is 11.4. The van der Waals surface area contributed by atoms with Crippen molar-refractivity contribution in [2.75, 3.05) is 6.61 Å². The lowest BCUT2D eigenvalue weighted by atomic mass is 10.1. The maximum Gasteiger partial charge on any atom is 0.309 e. The SMILES string of the molecule is C/C=C/CCCOC(=O)C/C=C/CCCCCCC. The summed E-state index contributed by atoms with van der Waals surface area (Å²) in [6.45, 7) is 4.76. The number of hydrogen-bond acceptors (Lipinski definition) is 2. The molecule has 0 unspecified atom stereocenters. The van der Waals surface area contributed by atoms with Crippen LogP contribution in [0.15, 0.2) is 24.3 Å². The largest absolute Gasteiger partial charge is 0.465 e. The average molecular weight is 266 g/mol. The molecule has 0 radical (unpaired) electrons. The Morgan fingerprint density at radius 1 is 0.947 bits per heavy atom. The molecule has 0 aliphatic heterocycles. The minimum atomic E-state index is -0.109. The quantitative estimate of drug-likeness (QED) is 0.276. The van der Waals surface area contributed by atoms with Crippen molar-refractivity contribution in [3.05, 3.63) is 24.3 Å².